The van der Waals surface area contributed by atoms with Crippen LogP contribution in [-0.2, 0) is 11.3 Å². The summed E-state index contributed by atoms with van der Waals surface area (Å²) < 4.78 is 10.1. The van der Waals surface area contributed by atoms with Gasteiger partial charge in [0.1, 0.15) is 16.8 Å². The summed E-state index contributed by atoms with van der Waals surface area (Å²) in [6.07, 6.45) is 0. The number of hydrogen-bond acceptors (Lipinski definition) is 7. The van der Waals surface area contributed by atoms with Crippen LogP contribution < -0.4 is 10.1 Å². The normalized spacial score (nSPS) is 10.4. The van der Waals surface area contributed by atoms with Gasteiger partial charge in [0.2, 0.25) is 0 Å². The summed E-state index contributed by atoms with van der Waals surface area (Å²) in [6, 6.07) is 19.2. The van der Waals surface area contributed by atoms with Crippen LogP contribution in [-0.4, -0.2) is 35.0 Å². The second-order valence-electron chi connectivity index (χ2n) is 6.85. The monoisotopic (exact) mass is 437 g/mol. The summed E-state index contributed by atoms with van der Waals surface area (Å²) in [6.45, 7) is 2.36. The average molecular weight is 438 g/mol. The molecule has 0 bridgehead atoms. The van der Waals surface area contributed by atoms with Crippen molar-refractivity contribution in [2.75, 3.05) is 13.7 Å². The Bertz CT molecular complexity index is 1140. The standard InChI is InChI=1S/C16H15N3O4.C7H8S/c1-17-8-10-2-5-15(22-9-16(20)21)12(6-10)11-3-4-13-14(7-11)19-23-18-13;1-6-2-4-7(8)5-3-6/h2-7,17H,8-9H2,1H3,(H,20,21);2-5,8H,1H3. The Hall–Kier alpha value is -3.36. The molecule has 2 N–H and O–H groups in total. The maximum atomic E-state index is 10.8. The van der Waals surface area contributed by atoms with Crippen molar-refractivity contribution in [2.45, 2.75) is 18.4 Å². The van der Waals surface area contributed by atoms with Gasteiger partial charge in [-0.1, -0.05) is 29.8 Å². The van der Waals surface area contributed by atoms with Gasteiger partial charge in [-0.2, -0.15) is 0 Å². The number of aromatic nitrogens is 2. The number of hydrogen-bond donors (Lipinski definition) is 3. The summed E-state index contributed by atoms with van der Waals surface area (Å²) in [4.78, 5) is 11.8. The maximum absolute atomic E-state index is 10.8. The van der Waals surface area contributed by atoms with E-state index in [1.54, 1.807) is 12.1 Å². The lowest BCUT2D eigenvalue weighted by atomic mass is 10.0. The van der Waals surface area contributed by atoms with Crippen LogP contribution in [0.4, 0.5) is 0 Å². The molecule has 0 spiro atoms. The minimum absolute atomic E-state index is 0.397. The number of ether oxygens (including phenoxy) is 1. The summed E-state index contributed by atoms with van der Waals surface area (Å²) in [5.41, 5.74) is 5.28. The van der Waals surface area contributed by atoms with Gasteiger partial charge < -0.3 is 15.2 Å². The van der Waals surface area contributed by atoms with Crippen LogP contribution >= 0.6 is 12.6 Å². The van der Waals surface area contributed by atoms with Gasteiger partial charge in [0, 0.05) is 17.0 Å². The number of benzene rings is 3. The Kier molecular flexibility index (Phi) is 7.64. The summed E-state index contributed by atoms with van der Waals surface area (Å²) in [7, 11) is 1.86. The van der Waals surface area contributed by atoms with Gasteiger partial charge in [-0.15, -0.1) is 12.6 Å². The van der Waals surface area contributed by atoms with Gasteiger partial charge in [0.05, 0.1) is 0 Å². The van der Waals surface area contributed by atoms with Crippen molar-refractivity contribution in [3.63, 3.8) is 0 Å². The molecule has 0 atom stereocenters. The fourth-order valence-corrected chi connectivity index (χ4v) is 3.03. The molecule has 0 saturated heterocycles. The first-order valence-electron chi connectivity index (χ1n) is 9.56. The van der Waals surface area contributed by atoms with Crippen molar-refractivity contribution in [2.24, 2.45) is 0 Å². The predicted molar refractivity (Wildman–Crippen MR) is 122 cm³/mol. The van der Waals surface area contributed by atoms with Crippen LogP contribution in [0.1, 0.15) is 11.1 Å². The Morgan fingerprint density at radius 3 is 2.48 bits per heavy atom. The summed E-state index contributed by atoms with van der Waals surface area (Å²) in [5.74, 6) is -0.519. The highest BCUT2D eigenvalue weighted by Gasteiger charge is 2.11. The lowest BCUT2D eigenvalue weighted by Gasteiger charge is -2.12. The van der Waals surface area contributed by atoms with Crippen LogP contribution in [0.5, 0.6) is 5.75 Å². The number of rotatable bonds is 6. The lowest BCUT2D eigenvalue weighted by molar-refractivity contribution is -0.139. The van der Waals surface area contributed by atoms with E-state index in [2.05, 4.69) is 35.2 Å². The SMILES string of the molecule is CNCc1ccc(OCC(=O)O)c(-c2ccc3nonc3c2)c1.Cc1ccc(S)cc1. The molecule has 0 unspecified atom stereocenters. The second-order valence-corrected chi connectivity index (χ2v) is 7.36. The number of nitrogens with zero attached hydrogens (tertiary/aromatic N) is 2. The molecule has 4 aromatic rings. The van der Waals surface area contributed by atoms with Gasteiger partial charge >= 0.3 is 5.97 Å². The zero-order chi connectivity index (χ0) is 22.2. The zero-order valence-corrected chi connectivity index (χ0v) is 18.1. The van der Waals surface area contributed by atoms with Crippen molar-refractivity contribution in [3.8, 4) is 16.9 Å². The van der Waals surface area contributed by atoms with Crippen LogP contribution in [0, 0.1) is 6.92 Å². The van der Waals surface area contributed by atoms with Crippen molar-refractivity contribution in [3.05, 3.63) is 71.8 Å². The molecule has 0 aliphatic carbocycles. The van der Waals surface area contributed by atoms with Gasteiger partial charge in [0.25, 0.3) is 0 Å². The van der Waals surface area contributed by atoms with Crippen LogP contribution in [0.2, 0.25) is 0 Å². The number of thiol groups is 1. The zero-order valence-electron chi connectivity index (χ0n) is 17.2. The number of carboxylic acid groups (broad SMARTS) is 1. The van der Waals surface area contributed by atoms with Gasteiger partial charge in [-0.05, 0) is 71.8 Å². The van der Waals surface area contributed by atoms with Crippen molar-refractivity contribution >= 4 is 29.6 Å². The van der Waals surface area contributed by atoms with Gasteiger partial charge in [0.15, 0.2) is 6.61 Å². The van der Waals surface area contributed by atoms with Crippen molar-refractivity contribution < 1.29 is 19.3 Å². The van der Waals surface area contributed by atoms with Crippen LogP contribution in [0.25, 0.3) is 22.2 Å². The van der Waals surface area contributed by atoms with E-state index in [1.165, 1.54) is 5.56 Å². The highest BCUT2D eigenvalue weighted by Crippen LogP contribution is 2.32. The van der Waals surface area contributed by atoms with E-state index in [0.29, 0.717) is 23.3 Å². The first kappa shape index (κ1) is 22.3. The van der Waals surface area contributed by atoms with E-state index in [4.69, 9.17) is 14.5 Å². The third kappa shape index (κ3) is 6.31. The highest BCUT2D eigenvalue weighted by atomic mass is 32.1. The molecule has 7 nitrogen and oxygen atoms in total. The summed E-state index contributed by atoms with van der Waals surface area (Å²) in [5, 5.41) is 19.5. The average Bonchev–Trinajstić information content (AvgIpc) is 3.23. The molecule has 8 heteroatoms. The van der Waals surface area contributed by atoms with Crippen molar-refractivity contribution in [1.82, 2.24) is 15.6 Å². The first-order valence-corrected chi connectivity index (χ1v) is 10.0. The fraction of sp³-hybridized carbons (Fsp3) is 0.174. The van der Waals surface area contributed by atoms with E-state index >= 15 is 0 Å². The topological polar surface area (TPSA) is 97.5 Å². The first-order chi connectivity index (χ1) is 15.0. The van der Waals surface area contributed by atoms with E-state index in [1.807, 2.05) is 55.6 Å². The third-order valence-electron chi connectivity index (χ3n) is 4.37. The van der Waals surface area contributed by atoms with Crippen LogP contribution in [0.3, 0.4) is 0 Å². The molecule has 0 radical (unpaired) electrons. The number of fused-ring (bicyclic) bond motifs is 1. The summed E-state index contributed by atoms with van der Waals surface area (Å²) >= 11 is 4.13. The highest BCUT2D eigenvalue weighted by molar-refractivity contribution is 7.80. The molecule has 0 saturated carbocycles. The lowest BCUT2D eigenvalue weighted by Crippen LogP contribution is -2.10. The molecule has 31 heavy (non-hydrogen) atoms. The number of carboxylic acids is 1. The molecule has 0 amide bonds. The van der Waals surface area contributed by atoms with Crippen molar-refractivity contribution in [1.29, 1.82) is 0 Å². The van der Waals surface area contributed by atoms with Gasteiger partial charge in [-0.25, -0.2) is 9.42 Å². The molecule has 3 aromatic carbocycles. The predicted octanol–water partition coefficient (Wildman–Crippen LogP) is 4.36. The molecule has 1 aromatic heterocycles. The molecule has 160 valence electrons. The van der Waals surface area contributed by atoms with E-state index < -0.39 is 12.6 Å². The minimum atomic E-state index is -1.02. The molecular formula is C23H23N3O4S. The Morgan fingerprint density at radius 1 is 1.06 bits per heavy atom. The smallest absolute Gasteiger partial charge is 0.341 e. The number of aliphatic carboxylic acids is 1. The van der Waals surface area contributed by atoms with Crippen LogP contribution in [0.15, 0.2) is 70.2 Å². The number of aryl methyl sites for hydroxylation is 1. The Morgan fingerprint density at radius 2 is 1.81 bits per heavy atom. The number of carbonyl (C=O) groups is 1. The number of nitrogens with one attached hydrogen (secondary N) is 1. The van der Waals surface area contributed by atoms with E-state index in [9.17, 15) is 4.79 Å². The minimum Gasteiger partial charge on any atom is -0.481 e. The fourth-order valence-electron chi connectivity index (χ4n) is 2.88. The molecule has 0 fully saturated rings. The van der Waals surface area contributed by atoms with Gasteiger partial charge in [-0.3, -0.25) is 0 Å². The quantitative estimate of drug-likeness (QED) is 0.386. The van der Waals surface area contributed by atoms with E-state index in [-0.39, 0.29) is 0 Å². The third-order valence-corrected chi connectivity index (χ3v) is 4.67. The largest absolute Gasteiger partial charge is 0.481 e. The molecule has 4 rings (SSSR count). The Balaban J connectivity index is 0.000000287. The second kappa shape index (κ2) is 10.6. The maximum Gasteiger partial charge on any atom is 0.341 e. The molecule has 1 heterocycles. The molecular weight excluding hydrogens is 414 g/mol. The van der Waals surface area contributed by atoms with E-state index in [0.717, 1.165) is 21.6 Å². The Labute approximate surface area is 185 Å². The molecule has 0 aliphatic heterocycles. The molecule has 0 aliphatic rings.